The standard InChI is InChI=1S/C31H46N4O5.ClH/c1-3-4-19-35-28(37)26(23-30(39)14-6-5-7-15-30)33-29(38)31(35)16-20-34(21-17-31)18-8-9-22-40-25-12-10-24(11-13-25)27(36)32-2;/h8-13,26,39H,3-7,14-23H2,1-2H3,(H,32,36)(H,33,38);1H/b9-8-;/t26-;/m1./s1. The number of carbonyl (C=O) groups is 3. The number of nitrogens with zero attached hydrogens (tertiary/aromatic N) is 2. The van der Waals surface area contributed by atoms with Gasteiger partial charge in [0.05, 0.1) is 5.60 Å². The van der Waals surface area contributed by atoms with Crippen molar-refractivity contribution in [1.29, 1.82) is 0 Å². The summed E-state index contributed by atoms with van der Waals surface area (Å²) in [7, 11) is 1.60. The van der Waals surface area contributed by atoms with Gasteiger partial charge >= 0.3 is 0 Å². The van der Waals surface area contributed by atoms with Crippen LogP contribution in [0.1, 0.15) is 81.5 Å². The Morgan fingerprint density at radius 3 is 2.41 bits per heavy atom. The van der Waals surface area contributed by atoms with Gasteiger partial charge in [0.1, 0.15) is 23.9 Å². The molecule has 2 aliphatic heterocycles. The number of likely N-dealkylation sites (tertiary alicyclic amines) is 1. The van der Waals surface area contributed by atoms with Crippen molar-refractivity contribution in [3.05, 3.63) is 42.0 Å². The van der Waals surface area contributed by atoms with Gasteiger partial charge in [-0.25, -0.2) is 0 Å². The fourth-order valence-corrected chi connectivity index (χ4v) is 6.33. The Morgan fingerprint density at radius 1 is 1.10 bits per heavy atom. The molecule has 1 atom stereocenters. The molecule has 9 nitrogen and oxygen atoms in total. The lowest BCUT2D eigenvalue weighted by Crippen LogP contribution is -2.73. The number of benzene rings is 1. The van der Waals surface area contributed by atoms with Crippen LogP contribution in [0.5, 0.6) is 5.75 Å². The number of halogens is 1. The Kier molecular flexibility index (Phi) is 12.1. The lowest BCUT2D eigenvalue weighted by atomic mass is 9.77. The Balaban J connectivity index is 0.00000462. The van der Waals surface area contributed by atoms with Crippen LogP contribution in [0.3, 0.4) is 0 Å². The molecule has 2 heterocycles. The van der Waals surface area contributed by atoms with E-state index >= 15 is 0 Å². The van der Waals surface area contributed by atoms with E-state index in [0.29, 0.717) is 56.6 Å². The Labute approximate surface area is 250 Å². The Bertz CT molecular complexity index is 1050. The number of aliphatic hydroxyl groups is 1. The van der Waals surface area contributed by atoms with Crippen LogP contribution in [0.25, 0.3) is 0 Å². The van der Waals surface area contributed by atoms with Crippen LogP contribution in [0, 0.1) is 0 Å². The average molecular weight is 591 g/mol. The Morgan fingerprint density at radius 2 is 1.78 bits per heavy atom. The second-order valence-corrected chi connectivity index (χ2v) is 11.6. The molecule has 1 aliphatic carbocycles. The highest BCUT2D eigenvalue weighted by Gasteiger charge is 2.54. The lowest BCUT2D eigenvalue weighted by molar-refractivity contribution is -0.163. The molecular formula is C31H47ClN4O5. The van der Waals surface area contributed by atoms with Crippen molar-refractivity contribution in [3.8, 4) is 5.75 Å². The van der Waals surface area contributed by atoms with Crippen molar-refractivity contribution in [3.63, 3.8) is 0 Å². The largest absolute Gasteiger partial charge is 0.490 e. The number of amides is 3. The van der Waals surface area contributed by atoms with Crippen molar-refractivity contribution in [2.75, 3.05) is 39.8 Å². The van der Waals surface area contributed by atoms with E-state index < -0.39 is 17.2 Å². The first-order valence-corrected chi connectivity index (χ1v) is 15.0. The molecule has 3 aliphatic rings. The van der Waals surface area contributed by atoms with Crippen LogP contribution < -0.4 is 15.4 Å². The van der Waals surface area contributed by atoms with Gasteiger partial charge in [0.2, 0.25) is 11.8 Å². The first kappa shape index (κ1) is 32.9. The monoisotopic (exact) mass is 590 g/mol. The minimum absolute atomic E-state index is 0. The number of hydrogen-bond donors (Lipinski definition) is 3. The molecule has 3 amide bonds. The molecule has 1 aromatic rings. The summed E-state index contributed by atoms with van der Waals surface area (Å²) in [6.07, 6.45) is 11.8. The first-order chi connectivity index (χ1) is 19.3. The quantitative estimate of drug-likeness (QED) is 0.341. The van der Waals surface area contributed by atoms with Crippen molar-refractivity contribution in [2.45, 2.75) is 88.3 Å². The summed E-state index contributed by atoms with van der Waals surface area (Å²) in [5.41, 5.74) is -1.07. The first-order valence-electron chi connectivity index (χ1n) is 15.0. The summed E-state index contributed by atoms with van der Waals surface area (Å²) in [6.45, 7) is 5.30. The van der Waals surface area contributed by atoms with E-state index in [1.54, 1.807) is 31.3 Å². The Hall–Kier alpha value is -2.62. The molecule has 41 heavy (non-hydrogen) atoms. The van der Waals surface area contributed by atoms with Crippen molar-refractivity contribution < 1.29 is 24.2 Å². The molecule has 0 bridgehead atoms. The van der Waals surface area contributed by atoms with Crippen molar-refractivity contribution in [1.82, 2.24) is 20.4 Å². The predicted molar refractivity (Wildman–Crippen MR) is 161 cm³/mol. The third-order valence-electron chi connectivity index (χ3n) is 8.82. The van der Waals surface area contributed by atoms with Gasteiger partial charge < -0.3 is 25.4 Å². The van der Waals surface area contributed by atoms with Crippen LogP contribution in [0.4, 0.5) is 0 Å². The minimum atomic E-state index is -0.860. The van der Waals surface area contributed by atoms with E-state index in [1.807, 2.05) is 11.0 Å². The fraction of sp³-hybridized carbons (Fsp3) is 0.645. The number of ether oxygens (including phenoxy) is 1. The van der Waals surface area contributed by atoms with Gasteiger partial charge in [-0.2, -0.15) is 0 Å². The van der Waals surface area contributed by atoms with Gasteiger partial charge in [0.15, 0.2) is 0 Å². The molecule has 10 heteroatoms. The molecule has 2 saturated heterocycles. The maximum Gasteiger partial charge on any atom is 0.251 e. The highest BCUT2D eigenvalue weighted by atomic mass is 35.5. The van der Waals surface area contributed by atoms with E-state index in [1.165, 1.54) is 0 Å². The van der Waals surface area contributed by atoms with Crippen LogP contribution in [0.15, 0.2) is 36.4 Å². The maximum atomic E-state index is 13.7. The highest BCUT2D eigenvalue weighted by Crippen LogP contribution is 2.37. The average Bonchev–Trinajstić information content (AvgIpc) is 2.97. The van der Waals surface area contributed by atoms with Crippen molar-refractivity contribution >= 4 is 30.1 Å². The molecule has 1 aromatic carbocycles. The molecule has 4 rings (SSSR count). The zero-order valence-electron chi connectivity index (χ0n) is 24.5. The molecular weight excluding hydrogens is 544 g/mol. The van der Waals surface area contributed by atoms with E-state index in [2.05, 4.69) is 28.5 Å². The summed E-state index contributed by atoms with van der Waals surface area (Å²) in [5, 5.41) is 16.7. The van der Waals surface area contributed by atoms with Gasteiger partial charge in [-0.05, 0) is 56.4 Å². The molecule has 3 fully saturated rings. The third-order valence-corrected chi connectivity index (χ3v) is 8.82. The number of unbranched alkanes of at least 4 members (excludes halogenated alkanes) is 1. The number of piperazine rings is 1. The highest BCUT2D eigenvalue weighted by molar-refractivity contribution is 6.00. The summed E-state index contributed by atoms with van der Waals surface area (Å²) in [4.78, 5) is 43.1. The summed E-state index contributed by atoms with van der Waals surface area (Å²) >= 11 is 0. The second-order valence-electron chi connectivity index (χ2n) is 11.6. The third kappa shape index (κ3) is 8.02. The van der Waals surface area contributed by atoms with Crippen LogP contribution in [-0.4, -0.2) is 89.6 Å². The van der Waals surface area contributed by atoms with Crippen LogP contribution in [0.2, 0.25) is 0 Å². The smallest absolute Gasteiger partial charge is 0.251 e. The van der Waals surface area contributed by atoms with Crippen LogP contribution in [-0.2, 0) is 9.59 Å². The number of nitrogens with one attached hydrogen (secondary N) is 2. The minimum Gasteiger partial charge on any atom is -0.490 e. The maximum absolute atomic E-state index is 13.7. The van der Waals surface area contributed by atoms with E-state index in [-0.39, 0.29) is 30.1 Å². The molecule has 0 radical (unpaired) electrons. The fourth-order valence-electron chi connectivity index (χ4n) is 6.33. The number of rotatable bonds is 11. The van der Waals surface area contributed by atoms with Gasteiger partial charge in [-0.1, -0.05) is 44.8 Å². The predicted octanol–water partition coefficient (Wildman–Crippen LogP) is 3.45. The van der Waals surface area contributed by atoms with Gasteiger partial charge in [-0.3, -0.25) is 19.3 Å². The molecule has 3 N–H and O–H groups in total. The lowest BCUT2D eigenvalue weighted by Gasteiger charge is -2.52. The van der Waals surface area contributed by atoms with E-state index in [0.717, 1.165) is 51.7 Å². The molecule has 0 unspecified atom stereocenters. The molecule has 1 saturated carbocycles. The van der Waals surface area contributed by atoms with E-state index in [4.69, 9.17) is 4.74 Å². The van der Waals surface area contributed by atoms with Crippen LogP contribution >= 0.6 is 12.4 Å². The summed E-state index contributed by atoms with van der Waals surface area (Å²) in [6, 6.07) is 6.39. The molecule has 1 spiro atoms. The van der Waals surface area contributed by atoms with Gasteiger partial charge in [-0.15, -0.1) is 12.4 Å². The molecule has 228 valence electrons. The number of carbonyl (C=O) groups excluding carboxylic acids is 3. The topological polar surface area (TPSA) is 111 Å². The number of piperidine rings is 1. The van der Waals surface area contributed by atoms with E-state index in [9.17, 15) is 19.5 Å². The number of hydrogen-bond acceptors (Lipinski definition) is 6. The van der Waals surface area contributed by atoms with Gasteiger partial charge in [0.25, 0.3) is 5.91 Å². The van der Waals surface area contributed by atoms with Crippen molar-refractivity contribution in [2.24, 2.45) is 0 Å². The normalized spacial score (nSPS) is 22.3. The SMILES string of the molecule is CCCCN1C(=O)[C@@H](CC2(O)CCCCC2)NC(=O)C12CCN(C/C=C\COc1ccc(C(=O)NC)cc1)CC2.Cl. The van der Waals surface area contributed by atoms with Gasteiger partial charge in [0, 0.05) is 45.2 Å². The zero-order chi connectivity index (χ0) is 28.6. The molecule has 0 aromatic heterocycles. The second kappa shape index (κ2) is 15.0. The summed E-state index contributed by atoms with van der Waals surface area (Å²) < 4.78 is 5.75. The summed E-state index contributed by atoms with van der Waals surface area (Å²) in [5.74, 6) is 0.488. The zero-order valence-corrected chi connectivity index (χ0v) is 25.3.